The zero-order valence-corrected chi connectivity index (χ0v) is 22.9. The molecule has 1 unspecified atom stereocenters. The smallest absolute Gasteiger partial charge is 0.283 e. The van der Waals surface area contributed by atoms with E-state index in [1.807, 2.05) is 36.4 Å². The minimum Gasteiger partial charge on any atom is -0.351 e. The van der Waals surface area contributed by atoms with Gasteiger partial charge in [-0.25, -0.2) is 9.71 Å². The number of hydrogen-bond acceptors (Lipinski definition) is 6. The molecule has 196 valence electrons. The number of anilines is 1. The molecule has 5 rings (SSSR count). The minimum atomic E-state index is -4.18. The molecule has 4 heterocycles. The van der Waals surface area contributed by atoms with Gasteiger partial charge in [-0.15, -0.1) is 0 Å². The van der Waals surface area contributed by atoms with E-state index in [0.29, 0.717) is 11.7 Å². The number of benzene rings is 1. The Labute approximate surface area is 219 Å². The Balaban J connectivity index is 1.64. The lowest BCUT2D eigenvalue weighted by molar-refractivity contribution is 0.0981. The SMILES string of the molecule is CC(C)(C)c1ccc2c(n1)N1C[C@@H](CCC(c3ccccc3)n3ccc(n3)S(=O)(=O)NC2=O)CC1(C)C. The van der Waals surface area contributed by atoms with E-state index in [2.05, 4.69) is 49.3 Å². The van der Waals surface area contributed by atoms with Gasteiger partial charge in [0.05, 0.1) is 11.6 Å². The van der Waals surface area contributed by atoms with E-state index in [4.69, 9.17) is 4.98 Å². The molecule has 0 saturated carbocycles. The highest BCUT2D eigenvalue weighted by Gasteiger charge is 2.41. The quantitative estimate of drug-likeness (QED) is 0.499. The summed E-state index contributed by atoms with van der Waals surface area (Å²) in [6.45, 7) is 11.3. The van der Waals surface area contributed by atoms with Crippen LogP contribution in [0, 0.1) is 5.92 Å². The second-order valence-electron chi connectivity index (χ2n) is 11.9. The summed E-state index contributed by atoms with van der Waals surface area (Å²) in [5.74, 6) is 0.224. The maximum absolute atomic E-state index is 13.4. The topological polar surface area (TPSA) is 97.2 Å². The van der Waals surface area contributed by atoms with Gasteiger partial charge in [0.25, 0.3) is 15.9 Å². The number of rotatable bonds is 1. The first-order valence-electron chi connectivity index (χ1n) is 12.8. The average Bonchev–Trinajstić information content (AvgIpc) is 3.43. The first kappa shape index (κ1) is 25.4. The van der Waals surface area contributed by atoms with Crippen LogP contribution in [0.15, 0.2) is 59.8 Å². The molecule has 4 bridgehead atoms. The molecule has 1 aromatic carbocycles. The standard InChI is InChI=1S/C28H35N5O3S/c1-27(2,3)23-14-12-21-25(29-23)32-18-19(17-28(32,4)5)11-13-22(20-9-7-6-8-10-20)33-16-15-24(30-33)37(35,36)31-26(21)34/h6-10,12,14-16,19,22H,11,13,17-18H2,1-5H3,(H,31,34)/t19-,22?/m0/s1. The molecular formula is C28H35N5O3S. The van der Waals surface area contributed by atoms with Gasteiger partial charge < -0.3 is 4.90 Å². The lowest BCUT2D eigenvalue weighted by Crippen LogP contribution is -2.41. The van der Waals surface area contributed by atoms with Crippen LogP contribution in [-0.2, 0) is 15.4 Å². The molecule has 0 spiro atoms. The molecule has 1 saturated heterocycles. The Bertz CT molecular complexity index is 1420. The van der Waals surface area contributed by atoms with E-state index >= 15 is 0 Å². The highest BCUT2D eigenvalue weighted by molar-refractivity contribution is 7.90. The third kappa shape index (κ3) is 4.89. The fraction of sp³-hybridized carbons (Fsp3) is 0.464. The molecule has 2 aromatic heterocycles. The number of sulfonamides is 1. The number of carbonyl (C=O) groups is 1. The zero-order chi connectivity index (χ0) is 26.6. The van der Waals surface area contributed by atoms with Gasteiger partial charge in [0.15, 0.2) is 5.03 Å². The molecule has 2 atom stereocenters. The minimum absolute atomic E-state index is 0.112. The Morgan fingerprint density at radius 2 is 1.76 bits per heavy atom. The molecular weight excluding hydrogens is 486 g/mol. The van der Waals surface area contributed by atoms with Crippen molar-refractivity contribution in [3.63, 3.8) is 0 Å². The zero-order valence-electron chi connectivity index (χ0n) is 22.1. The Morgan fingerprint density at radius 3 is 2.46 bits per heavy atom. The maximum Gasteiger partial charge on any atom is 0.283 e. The number of nitrogens with zero attached hydrogens (tertiary/aromatic N) is 4. The number of fused-ring (bicyclic) bond motifs is 6. The highest BCUT2D eigenvalue weighted by Crippen LogP contribution is 2.41. The van der Waals surface area contributed by atoms with Crippen LogP contribution >= 0.6 is 0 Å². The predicted octanol–water partition coefficient (Wildman–Crippen LogP) is 4.68. The molecule has 1 amide bonds. The fourth-order valence-electron chi connectivity index (χ4n) is 5.59. The van der Waals surface area contributed by atoms with Crippen molar-refractivity contribution in [1.82, 2.24) is 19.5 Å². The molecule has 9 heteroatoms. The summed E-state index contributed by atoms with van der Waals surface area (Å²) in [5.41, 5.74) is 1.70. The summed E-state index contributed by atoms with van der Waals surface area (Å²) in [7, 11) is -4.18. The number of aromatic nitrogens is 3. The van der Waals surface area contributed by atoms with E-state index in [-0.39, 0.29) is 27.6 Å². The molecule has 2 aliphatic rings. The van der Waals surface area contributed by atoms with Crippen molar-refractivity contribution >= 4 is 21.7 Å². The lowest BCUT2D eigenvalue weighted by atomic mass is 9.90. The maximum atomic E-state index is 13.4. The van der Waals surface area contributed by atoms with E-state index in [9.17, 15) is 13.2 Å². The average molecular weight is 522 g/mol. The summed E-state index contributed by atoms with van der Waals surface area (Å²) in [6, 6.07) is 14.9. The normalized spacial score (nSPS) is 23.2. The molecule has 0 radical (unpaired) electrons. The van der Waals surface area contributed by atoms with Crippen LogP contribution in [0.5, 0.6) is 0 Å². The number of pyridine rings is 1. The van der Waals surface area contributed by atoms with Crippen molar-refractivity contribution < 1.29 is 13.2 Å². The van der Waals surface area contributed by atoms with Gasteiger partial charge in [-0.3, -0.25) is 9.48 Å². The van der Waals surface area contributed by atoms with Crippen LogP contribution in [0.25, 0.3) is 0 Å². The second kappa shape index (κ2) is 8.97. The Morgan fingerprint density at radius 1 is 1.03 bits per heavy atom. The first-order valence-corrected chi connectivity index (χ1v) is 14.3. The lowest BCUT2D eigenvalue weighted by Gasteiger charge is -2.34. The first-order chi connectivity index (χ1) is 17.3. The molecule has 3 aromatic rings. The van der Waals surface area contributed by atoms with E-state index in [0.717, 1.165) is 37.1 Å². The van der Waals surface area contributed by atoms with Gasteiger partial charge in [0.1, 0.15) is 5.82 Å². The van der Waals surface area contributed by atoms with Gasteiger partial charge in [-0.2, -0.15) is 13.5 Å². The van der Waals surface area contributed by atoms with Crippen molar-refractivity contribution in [3.8, 4) is 0 Å². The van der Waals surface area contributed by atoms with Crippen LogP contribution in [-0.4, -0.2) is 41.2 Å². The molecule has 0 aliphatic carbocycles. The van der Waals surface area contributed by atoms with Crippen LogP contribution in [0.4, 0.5) is 5.82 Å². The largest absolute Gasteiger partial charge is 0.351 e. The molecule has 2 aliphatic heterocycles. The van der Waals surface area contributed by atoms with Crippen LogP contribution < -0.4 is 9.62 Å². The predicted molar refractivity (Wildman–Crippen MR) is 143 cm³/mol. The summed E-state index contributed by atoms with van der Waals surface area (Å²) in [4.78, 5) is 20.6. The molecule has 1 fully saturated rings. The van der Waals surface area contributed by atoms with Gasteiger partial charge >= 0.3 is 0 Å². The number of carbonyl (C=O) groups excluding carboxylic acids is 1. The summed E-state index contributed by atoms with van der Waals surface area (Å²) >= 11 is 0. The van der Waals surface area contributed by atoms with E-state index in [1.165, 1.54) is 6.07 Å². The number of hydrogen-bond donors (Lipinski definition) is 1. The van der Waals surface area contributed by atoms with Gasteiger partial charge in [0.2, 0.25) is 0 Å². The Hall–Kier alpha value is -3.20. The van der Waals surface area contributed by atoms with Crippen molar-refractivity contribution in [2.24, 2.45) is 5.92 Å². The van der Waals surface area contributed by atoms with Crippen LogP contribution in [0.1, 0.15) is 81.5 Å². The number of nitrogens with one attached hydrogen (secondary N) is 1. The number of amides is 1. The van der Waals surface area contributed by atoms with Crippen molar-refractivity contribution in [2.45, 2.75) is 75.9 Å². The molecule has 1 N–H and O–H groups in total. The molecule has 37 heavy (non-hydrogen) atoms. The van der Waals surface area contributed by atoms with Crippen molar-refractivity contribution in [1.29, 1.82) is 0 Å². The second-order valence-corrected chi connectivity index (χ2v) is 13.5. The van der Waals surface area contributed by atoms with E-state index < -0.39 is 15.9 Å². The Kier molecular flexibility index (Phi) is 6.17. The fourth-order valence-corrected chi connectivity index (χ4v) is 6.49. The van der Waals surface area contributed by atoms with Gasteiger partial charge in [-0.05, 0) is 62.8 Å². The van der Waals surface area contributed by atoms with Gasteiger partial charge in [0, 0.05) is 29.4 Å². The van der Waals surface area contributed by atoms with E-state index in [1.54, 1.807) is 16.9 Å². The van der Waals surface area contributed by atoms with Crippen LogP contribution in [0.2, 0.25) is 0 Å². The van der Waals surface area contributed by atoms with Crippen LogP contribution in [0.3, 0.4) is 0 Å². The summed E-state index contributed by atoms with van der Waals surface area (Å²) < 4.78 is 30.4. The van der Waals surface area contributed by atoms with Crippen molar-refractivity contribution in [3.05, 3.63) is 71.5 Å². The summed E-state index contributed by atoms with van der Waals surface area (Å²) in [5, 5.41) is 4.25. The highest BCUT2D eigenvalue weighted by atomic mass is 32.2. The third-order valence-corrected chi connectivity index (χ3v) is 8.76. The molecule has 8 nitrogen and oxygen atoms in total. The van der Waals surface area contributed by atoms with Gasteiger partial charge in [-0.1, -0.05) is 51.1 Å². The van der Waals surface area contributed by atoms with Crippen molar-refractivity contribution in [2.75, 3.05) is 11.4 Å². The monoisotopic (exact) mass is 521 g/mol. The summed E-state index contributed by atoms with van der Waals surface area (Å²) in [6.07, 6.45) is 4.38. The third-order valence-electron chi connectivity index (χ3n) is 7.54.